The van der Waals surface area contributed by atoms with Gasteiger partial charge in [-0.2, -0.15) is 0 Å². The van der Waals surface area contributed by atoms with E-state index in [2.05, 4.69) is 31.9 Å². The monoisotopic (exact) mass is 389 g/mol. The van der Waals surface area contributed by atoms with E-state index in [1.54, 1.807) is 0 Å². The highest BCUT2D eigenvalue weighted by molar-refractivity contribution is 9.10. The third-order valence-corrected chi connectivity index (χ3v) is 4.10. The standard InChI is InChI=1S/C15H20BrN3O2.ClH/c1-10-2-3-12(16)8-13(10)19-14(20)9-18-15(21)11-4-6-17-7-5-11;/h2-3,8,11,17H,4-7,9H2,1H3,(H,18,21)(H,19,20);1H. The van der Waals surface area contributed by atoms with E-state index in [4.69, 9.17) is 0 Å². The number of rotatable bonds is 4. The minimum atomic E-state index is -0.210. The molecular formula is C15H21BrClN3O2. The van der Waals surface area contributed by atoms with Gasteiger partial charge in [0.05, 0.1) is 6.54 Å². The van der Waals surface area contributed by atoms with Crippen molar-refractivity contribution in [1.29, 1.82) is 0 Å². The maximum Gasteiger partial charge on any atom is 0.243 e. The van der Waals surface area contributed by atoms with Crippen molar-refractivity contribution in [1.82, 2.24) is 10.6 Å². The molecule has 0 saturated carbocycles. The van der Waals surface area contributed by atoms with Gasteiger partial charge in [0.15, 0.2) is 0 Å². The first-order valence-corrected chi connectivity index (χ1v) is 7.90. The lowest BCUT2D eigenvalue weighted by Crippen LogP contribution is -2.41. The largest absolute Gasteiger partial charge is 0.347 e. The van der Waals surface area contributed by atoms with Gasteiger partial charge in [0.2, 0.25) is 11.8 Å². The lowest BCUT2D eigenvalue weighted by Gasteiger charge is -2.21. The maximum atomic E-state index is 11.9. The van der Waals surface area contributed by atoms with Gasteiger partial charge in [-0.3, -0.25) is 9.59 Å². The maximum absolute atomic E-state index is 11.9. The van der Waals surface area contributed by atoms with Crippen molar-refractivity contribution in [3.05, 3.63) is 28.2 Å². The molecule has 22 heavy (non-hydrogen) atoms. The highest BCUT2D eigenvalue weighted by atomic mass is 79.9. The predicted octanol–water partition coefficient (Wildman–Crippen LogP) is 2.23. The summed E-state index contributed by atoms with van der Waals surface area (Å²) >= 11 is 3.37. The molecule has 3 N–H and O–H groups in total. The predicted molar refractivity (Wildman–Crippen MR) is 93.4 cm³/mol. The average molecular weight is 391 g/mol. The Hall–Kier alpha value is -1.11. The Morgan fingerprint density at radius 2 is 2.00 bits per heavy atom. The molecule has 0 aliphatic carbocycles. The summed E-state index contributed by atoms with van der Waals surface area (Å²) in [5.41, 5.74) is 1.74. The Kier molecular flexibility index (Phi) is 7.85. The quantitative estimate of drug-likeness (QED) is 0.738. The molecule has 2 amide bonds. The number of carbonyl (C=O) groups is 2. The molecule has 0 atom stereocenters. The van der Waals surface area contributed by atoms with Crippen molar-refractivity contribution < 1.29 is 9.59 Å². The molecule has 0 unspecified atom stereocenters. The van der Waals surface area contributed by atoms with Crippen LogP contribution in [0.2, 0.25) is 0 Å². The Labute approximate surface area is 145 Å². The lowest BCUT2D eigenvalue weighted by molar-refractivity contribution is -0.127. The minimum absolute atomic E-state index is 0. The molecule has 1 aliphatic rings. The number of hydrogen-bond acceptors (Lipinski definition) is 3. The first-order chi connectivity index (χ1) is 10.1. The normalized spacial score (nSPS) is 14.8. The fraction of sp³-hybridized carbons (Fsp3) is 0.467. The second-order valence-electron chi connectivity index (χ2n) is 5.25. The second kappa shape index (κ2) is 9.12. The molecule has 7 heteroatoms. The topological polar surface area (TPSA) is 70.2 Å². The summed E-state index contributed by atoms with van der Waals surface area (Å²) in [5, 5.41) is 8.74. The molecule has 1 aromatic carbocycles. The number of hydrogen-bond donors (Lipinski definition) is 3. The van der Waals surface area contributed by atoms with Crippen LogP contribution >= 0.6 is 28.3 Å². The third kappa shape index (κ3) is 5.59. The van der Waals surface area contributed by atoms with Gasteiger partial charge in [-0.1, -0.05) is 22.0 Å². The first-order valence-electron chi connectivity index (χ1n) is 7.10. The molecule has 1 heterocycles. The number of benzene rings is 1. The van der Waals surface area contributed by atoms with E-state index in [-0.39, 0.29) is 36.7 Å². The van der Waals surface area contributed by atoms with Crippen molar-refractivity contribution in [3.63, 3.8) is 0 Å². The molecule has 0 aromatic heterocycles. The number of aryl methyl sites for hydroxylation is 1. The molecule has 5 nitrogen and oxygen atoms in total. The second-order valence-corrected chi connectivity index (χ2v) is 6.17. The van der Waals surface area contributed by atoms with E-state index in [1.807, 2.05) is 25.1 Å². The summed E-state index contributed by atoms with van der Waals surface area (Å²) in [6.07, 6.45) is 1.66. The number of carbonyl (C=O) groups excluding carboxylic acids is 2. The zero-order valence-corrected chi connectivity index (χ0v) is 14.9. The summed E-state index contributed by atoms with van der Waals surface area (Å²) < 4.78 is 0.905. The molecule has 1 aliphatic heterocycles. The average Bonchev–Trinajstić information content (AvgIpc) is 2.49. The molecule has 0 spiro atoms. The van der Waals surface area contributed by atoms with E-state index in [0.717, 1.165) is 41.7 Å². The van der Waals surface area contributed by atoms with E-state index in [9.17, 15) is 9.59 Å². The smallest absolute Gasteiger partial charge is 0.243 e. The van der Waals surface area contributed by atoms with Crippen molar-refractivity contribution in [2.45, 2.75) is 19.8 Å². The van der Waals surface area contributed by atoms with Gasteiger partial charge in [0.25, 0.3) is 0 Å². The molecule has 1 saturated heterocycles. The molecule has 1 fully saturated rings. The van der Waals surface area contributed by atoms with Crippen LogP contribution in [0.15, 0.2) is 22.7 Å². The molecule has 122 valence electrons. The molecular weight excluding hydrogens is 370 g/mol. The van der Waals surface area contributed by atoms with E-state index in [1.165, 1.54) is 0 Å². The van der Waals surface area contributed by atoms with E-state index < -0.39 is 0 Å². The first kappa shape index (κ1) is 18.9. The number of nitrogens with one attached hydrogen (secondary N) is 3. The summed E-state index contributed by atoms with van der Waals surface area (Å²) in [7, 11) is 0. The van der Waals surface area contributed by atoms with Gasteiger partial charge in [0.1, 0.15) is 0 Å². The van der Waals surface area contributed by atoms with Gasteiger partial charge in [-0.15, -0.1) is 12.4 Å². The van der Waals surface area contributed by atoms with Crippen molar-refractivity contribution in [3.8, 4) is 0 Å². The Morgan fingerprint density at radius 3 is 2.68 bits per heavy atom. The minimum Gasteiger partial charge on any atom is -0.347 e. The van der Waals surface area contributed by atoms with Crippen molar-refractivity contribution >= 4 is 45.8 Å². The summed E-state index contributed by atoms with van der Waals surface area (Å²) in [4.78, 5) is 23.9. The Balaban J connectivity index is 0.00000242. The fourth-order valence-electron chi connectivity index (χ4n) is 2.32. The van der Waals surface area contributed by atoms with Crippen LogP contribution in [0.4, 0.5) is 5.69 Å². The Bertz CT molecular complexity index is 534. The van der Waals surface area contributed by atoms with Gasteiger partial charge in [-0.05, 0) is 50.6 Å². The third-order valence-electron chi connectivity index (χ3n) is 3.61. The van der Waals surface area contributed by atoms with Crippen LogP contribution < -0.4 is 16.0 Å². The van der Waals surface area contributed by atoms with Crippen molar-refractivity contribution in [2.24, 2.45) is 5.92 Å². The van der Waals surface area contributed by atoms with Crippen molar-refractivity contribution in [2.75, 3.05) is 25.0 Å². The van der Waals surface area contributed by atoms with Gasteiger partial charge < -0.3 is 16.0 Å². The zero-order chi connectivity index (χ0) is 15.2. The Morgan fingerprint density at radius 1 is 1.32 bits per heavy atom. The molecule has 1 aromatic rings. The lowest BCUT2D eigenvalue weighted by atomic mass is 9.97. The van der Waals surface area contributed by atoms with Gasteiger partial charge in [-0.25, -0.2) is 0 Å². The van der Waals surface area contributed by atoms with Crippen LogP contribution in [0.5, 0.6) is 0 Å². The fourth-order valence-corrected chi connectivity index (χ4v) is 2.68. The summed E-state index contributed by atoms with van der Waals surface area (Å²) in [5.74, 6) is -0.220. The number of anilines is 1. The van der Waals surface area contributed by atoms with Gasteiger partial charge >= 0.3 is 0 Å². The molecule has 2 rings (SSSR count). The molecule has 0 radical (unpaired) electrons. The van der Waals surface area contributed by atoms with Crippen LogP contribution in [-0.2, 0) is 9.59 Å². The summed E-state index contributed by atoms with van der Waals surface area (Å²) in [6.45, 7) is 3.66. The van der Waals surface area contributed by atoms with Crippen LogP contribution in [0.1, 0.15) is 18.4 Å². The number of piperidine rings is 1. The van der Waals surface area contributed by atoms with E-state index >= 15 is 0 Å². The summed E-state index contributed by atoms with van der Waals surface area (Å²) in [6, 6.07) is 5.69. The number of halogens is 2. The van der Waals surface area contributed by atoms with Crippen LogP contribution in [-0.4, -0.2) is 31.4 Å². The van der Waals surface area contributed by atoms with Crippen LogP contribution in [0, 0.1) is 12.8 Å². The van der Waals surface area contributed by atoms with Crippen LogP contribution in [0.3, 0.4) is 0 Å². The zero-order valence-electron chi connectivity index (χ0n) is 12.4. The highest BCUT2D eigenvalue weighted by Gasteiger charge is 2.21. The molecule has 0 bridgehead atoms. The van der Waals surface area contributed by atoms with Crippen LogP contribution in [0.25, 0.3) is 0 Å². The van der Waals surface area contributed by atoms with E-state index in [0.29, 0.717) is 0 Å². The highest BCUT2D eigenvalue weighted by Crippen LogP contribution is 2.20. The number of amides is 2. The van der Waals surface area contributed by atoms with Gasteiger partial charge in [0, 0.05) is 16.1 Å². The SMILES string of the molecule is Cc1ccc(Br)cc1NC(=O)CNC(=O)C1CCNCC1.Cl.